The summed E-state index contributed by atoms with van der Waals surface area (Å²) in [6, 6.07) is 7.31. The number of ketones is 1. The molecule has 1 rings (SSSR count). The van der Waals surface area contributed by atoms with E-state index < -0.39 is 0 Å². The molecule has 0 saturated carbocycles. The molecule has 5 nitrogen and oxygen atoms in total. The molecular formula is C18H25NO4. The maximum atomic E-state index is 12.2. The van der Waals surface area contributed by atoms with Crippen LogP contribution >= 0.6 is 0 Å². The molecule has 1 aromatic carbocycles. The van der Waals surface area contributed by atoms with Gasteiger partial charge in [-0.1, -0.05) is 36.8 Å². The van der Waals surface area contributed by atoms with Crippen molar-refractivity contribution >= 4 is 17.7 Å². The van der Waals surface area contributed by atoms with Crippen molar-refractivity contribution in [2.24, 2.45) is 5.92 Å². The van der Waals surface area contributed by atoms with E-state index in [-0.39, 0.29) is 36.4 Å². The lowest BCUT2D eigenvalue weighted by Gasteiger charge is -2.23. The Morgan fingerprint density at radius 3 is 2.26 bits per heavy atom. The smallest absolute Gasteiger partial charge is 0.310 e. The van der Waals surface area contributed by atoms with Gasteiger partial charge in [0.25, 0.3) is 0 Å². The highest BCUT2D eigenvalue weighted by Crippen LogP contribution is 2.10. The molecule has 0 fully saturated rings. The number of esters is 1. The number of hydrogen-bond acceptors (Lipinski definition) is 4. The number of carbonyl (C=O) groups is 3. The average molecular weight is 319 g/mol. The largest absolute Gasteiger partial charge is 0.469 e. The summed E-state index contributed by atoms with van der Waals surface area (Å²) >= 11 is 0. The second kappa shape index (κ2) is 9.08. The molecule has 0 aromatic heterocycles. The molecule has 0 heterocycles. The van der Waals surface area contributed by atoms with Gasteiger partial charge in [0.1, 0.15) is 0 Å². The molecule has 0 spiro atoms. The first kappa shape index (κ1) is 18.9. The van der Waals surface area contributed by atoms with Crippen LogP contribution in [-0.2, 0) is 14.3 Å². The number of benzene rings is 1. The average Bonchev–Trinajstić information content (AvgIpc) is 2.56. The molecule has 0 saturated heterocycles. The molecule has 0 aliphatic rings. The molecule has 1 atom stereocenters. The van der Waals surface area contributed by atoms with E-state index in [0.29, 0.717) is 18.7 Å². The molecule has 5 heteroatoms. The number of Topliss-reactive ketones (excluding diaryl/α,β-unsaturated/α-hetero) is 1. The molecule has 0 aliphatic carbocycles. The summed E-state index contributed by atoms with van der Waals surface area (Å²) in [7, 11) is 1.33. The van der Waals surface area contributed by atoms with Crippen molar-refractivity contribution in [2.75, 3.05) is 20.2 Å². The molecule has 0 bridgehead atoms. The number of methoxy groups -OCH3 is 1. The quantitative estimate of drug-likeness (QED) is 0.546. The van der Waals surface area contributed by atoms with Gasteiger partial charge in [-0.05, 0) is 13.8 Å². The van der Waals surface area contributed by atoms with Crippen LogP contribution in [0.1, 0.15) is 42.6 Å². The number of hydrogen-bond donors (Lipinski definition) is 0. The van der Waals surface area contributed by atoms with E-state index in [1.165, 1.54) is 7.11 Å². The number of nitrogens with zero attached hydrogens (tertiary/aromatic N) is 1. The highest BCUT2D eigenvalue weighted by Gasteiger charge is 2.21. The molecular weight excluding hydrogens is 294 g/mol. The van der Waals surface area contributed by atoms with Gasteiger partial charge in [-0.3, -0.25) is 14.4 Å². The van der Waals surface area contributed by atoms with E-state index >= 15 is 0 Å². The first-order valence-electron chi connectivity index (χ1n) is 7.84. The fraction of sp³-hybridized carbons (Fsp3) is 0.500. The lowest BCUT2D eigenvalue weighted by molar-refractivity contribution is -0.146. The minimum Gasteiger partial charge on any atom is -0.469 e. The number of amides is 1. The Labute approximate surface area is 137 Å². The van der Waals surface area contributed by atoms with Gasteiger partial charge in [0.05, 0.1) is 13.0 Å². The standard InChI is InChI=1S/C18H25NO4/c1-5-19(12-14(3)18(22)23-4)17(21)11-10-16(20)15-8-6-13(2)7-9-15/h6-9,14H,5,10-12H2,1-4H3. The minimum absolute atomic E-state index is 0.0459. The SMILES string of the molecule is CCN(CC(C)C(=O)OC)C(=O)CCC(=O)c1ccc(C)cc1. The Morgan fingerprint density at radius 1 is 1.13 bits per heavy atom. The molecule has 0 radical (unpaired) electrons. The maximum absolute atomic E-state index is 12.2. The number of rotatable bonds is 8. The van der Waals surface area contributed by atoms with E-state index in [4.69, 9.17) is 0 Å². The van der Waals surface area contributed by atoms with E-state index in [1.54, 1.807) is 24.0 Å². The van der Waals surface area contributed by atoms with Crippen LogP contribution in [0.3, 0.4) is 0 Å². The minimum atomic E-state index is -0.378. The molecule has 126 valence electrons. The summed E-state index contributed by atoms with van der Waals surface area (Å²) in [4.78, 5) is 37.4. The zero-order chi connectivity index (χ0) is 17.4. The first-order valence-corrected chi connectivity index (χ1v) is 7.84. The summed E-state index contributed by atoms with van der Waals surface area (Å²) in [5, 5.41) is 0. The highest BCUT2D eigenvalue weighted by atomic mass is 16.5. The van der Waals surface area contributed by atoms with Gasteiger partial charge in [0.15, 0.2) is 5.78 Å². The third-order valence-corrected chi connectivity index (χ3v) is 3.77. The normalized spacial score (nSPS) is 11.7. The zero-order valence-corrected chi connectivity index (χ0v) is 14.3. The lowest BCUT2D eigenvalue weighted by Crippen LogP contribution is -2.37. The van der Waals surface area contributed by atoms with Crippen molar-refractivity contribution in [3.8, 4) is 0 Å². The van der Waals surface area contributed by atoms with Crippen molar-refractivity contribution in [1.82, 2.24) is 4.90 Å². The Kier molecular flexibility index (Phi) is 7.45. The highest BCUT2D eigenvalue weighted by molar-refractivity contribution is 5.98. The lowest BCUT2D eigenvalue weighted by atomic mass is 10.0. The topological polar surface area (TPSA) is 63.7 Å². The molecule has 1 aromatic rings. The predicted molar refractivity (Wildman–Crippen MR) is 88.2 cm³/mol. The van der Waals surface area contributed by atoms with Crippen molar-refractivity contribution in [2.45, 2.75) is 33.6 Å². The van der Waals surface area contributed by atoms with E-state index in [1.807, 2.05) is 26.0 Å². The fourth-order valence-electron chi connectivity index (χ4n) is 2.28. The third kappa shape index (κ3) is 5.85. The van der Waals surface area contributed by atoms with E-state index in [9.17, 15) is 14.4 Å². The van der Waals surface area contributed by atoms with Crippen LogP contribution in [0, 0.1) is 12.8 Å². The van der Waals surface area contributed by atoms with Gasteiger partial charge in [0, 0.05) is 31.5 Å². The molecule has 0 N–H and O–H groups in total. The number of ether oxygens (including phenoxy) is 1. The van der Waals surface area contributed by atoms with Gasteiger partial charge < -0.3 is 9.64 Å². The van der Waals surface area contributed by atoms with Crippen molar-refractivity contribution < 1.29 is 19.1 Å². The Balaban J connectivity index is 2.54. The Hall–Kier alpha value is -2.17. The number of carbonyl (C=O) groups excluding carboxylic acids is 3. The molecule has 0 aliphatic heterocycles. The zero-order valence-electron chi connectivity index (χ0n) is 14.3. The Bertz CT molecular complexity index is 551. The van der Waals surface area contributed by atoms with Crippen LogP contribution in [0.15, 0.2) is 24.3 Å². The second-order valence-electron chi connectivity index (χ2n) is 5.65. The van der Waals surface area contributed by atoms with Gasteiger partial charge in [-0.2, -0.15) is 0 Å². The summed E-state index contributed by atoms with van der Waals surface area (Å²) < 4.78 is 4.67. The summed E-state index contributed by atoms with van der Waals surface area (Å²) in [5.41, 5.74) is 1.71. The van der Waals surface area contributed by atoms with Crippen LogP contribution in [0.5, 0.6) is 0 Å². The predicted octanol–water partition coefficient (Wildman–Crippen LogP) is 2.62. The van der Waals surface area contributed by atoms with Gasteiger partial charge in [0.2, 0.25) is 5.91 Å². The molecule has 1 amide bonds. The van der Waals surface area contributed by atoms with Crippen molar-refractivity contribution in [3.63, 3.8) is 0 Å². The fourth-order valence-corrected chi connectivity index (χ4v) is 2.28. The second-order valence-corrected chi connectivity index (χ2v) is 5.65. The monoisotopic (exact) mass is 319 g/mol. The van der Waals surface area contributed by atoms with E-state index in [0.717, 1.165) is 5.56 Å². The van der Waals surface area contributed by atoms with Crippen LogP contribution in [-0.4, -0.2) is 42.8 Å². The maximum Gasteiger partial charge on any atom is 0.310 e. The summed E-state index contributed by atoms with van der Waals surface area (Å²) in [6.07, 6.45) is 0.319. The van der Waals surface area contributed by atoms with Crippen molar-refractivity contribution in [1.29, 1.82) is 0 Å². The van der Waals surface area contributed by atoms with Gasteiger partial charge in [-0.25, -0.2) is 0 Å². The van der Waals surface area contributed by atoms with Crippen LogP contribution in [0.4, 0.5) is 0 Å². The van der Waals surface area contributed by atoms with Crippen LogP contribution in [0.2, 0.25) is 0 Å². The van der Waals surface area contributed by atoms with Gasteiger partial charge >= 0.3 is 5.97 Å². The first-order chi connectivity index (χ1) is 10.9. The summed E-state index contributed by atoms with van der Waals surface area (Å²) in [6.45, 7) is 6.34. The number of aryl methyl sites for hydroxylation is 1. The van der Waals surface area contributed by atoms with Gasteiger partial charge in [-0.15, -0.1) is 0 Å². The third-order valence-electron chi connectivity index (χ3n) is 3.77. The molecule has 23 heavy (non-hydrogen) atoms. The van der Waals surface area contributed by atoms with Crippen LogP contribution < -0.4 is 0 Å². The van der Waals surface area contributed by atoms with Crippen molar-refractivity contribution in [3.05, 3.63) is 35.4 Å². The van der Waals surface area contributed by atoms with Crippen LogP contribution in [0.25, 0.3) is 0 Å². The Morgan fingerprint density at radius 2 is 1.74 bits per heavy atom. The summed E-state index contributed by atoms with van der Waals surface area (Å²) in [5.74, 6) is -0.886. The molecule has 1 unspecified atom stereocenters. The van der Waals surface area contributed by atoms with E-state index in [2.05, 4.69) is 4.74 Å².